The van der Waals surface area contributed by atoms with Gasteiger partial charge in [0.2, 0.25) is 17.7 Å². The molecule has 0 aromatic heterocycles. The fourth-order valence-electron chi connectivity index (χ4n) is 4.55. The predicted octanol–water partition coefficient (Wildman–Crippen LogP) is 2.87. The second-order valence-corrected chi connectivity index (χ2v) is 9.04. The molecule has 1 aromatic carbocycles. The highest BCUT2D eigenvalue weighted by Gasteiger charge is 2.26. The number of carbonyl (C=O) groups excluding carboxylic acids is 3. The van der Waals surface area contributed by atoms with E-state index < -0.39 is 0 Å². The van der Waals surface area contributed by atoms with E-state index in [9.17, 15) is 14.4 Å². The number of piperidine rings is 1. The number of carbonyl (C=O) groups is 3. The van der Waals surface area contributed by atoms with Gasteiger partial charge in [0.05, 0.1) is 6.54 Å². The number of ether oxygens (including phenoxy) is 1. The Balaban J connectivity index is 1.70. The highest BCUT2D eigenvalue weighted by molar-refractivity contribution is 5.83. The van der Waals surface area contributed by atoms with Gasteiger partial charge < -0.3 is 19.4 Å². The minimum atomic E-state index is -0.0647. The van der Waals surface area contributed by atoms with E-state index >= 15 is 0 Å². The lowest BCUT2D eigenvalue weighted by atomic mass is 9.95. The number of amides is 3. The van der Waals surface area contributed by atoms with Crippen molar-refractivity contribution in [2.45, 2.75) is 63.8 Å². The zero-order chi connectivity index (χ0) is 22.9. The lowest BCUT2D eigenvalue weighted by molar-refractivity contribution is -0.137. The van der Waals surface area contributed by atoms with E-state index in [1.165, 1.54) is 16.9 Å². The molecule has 2 heterocycles. The van der Waals surface area contributed by atoms with Crippen LogP contribution in [-0.2, 0) is 20.8 Å². The van der Waals surface area contributed by atoms with Gasteiger partial charge in [0.15, 0.2) is 0 Å². The highest BCUT2D eigenvalue weighted by atomic mass is 16.5. The fourth-order valence-corrected chi connectivity index (χ4v) is 4.55. The van der Waals surface area contributed by atoms with Crippen LogP contribution in [0.3, 0.4) is 0 Å². The maximum atomic E-state index is 13.0. The first-order chi connectivity index (χ1) is 15.4. The van der Waals surface area contributed by atoms with Crippen LogP contribution >= 0.6 is 0 Å². The molecule has 0 spiro atoms. The topological polar surface area (TPSA) is 70.2 Å². The molecule has 0 radical (unpaired) electrons. The highest BCUT2D eigenvalue weighted by Crippen LogP contribution is 2.24. The van der Waals surface area contributed by atoms with Crippen LogP contribution in [0.5, 0.6) is 5.75 Å². The Bertz CT molecular complexity index is 795. The monoisotopic (exact) mass is 443 g/mol. The molecule has 0 saturated carbocycles. The van der Waals surface area contributed by atoms with Crippen LogP contribution < -0.4 is 4.74 Å². The maximum absolute atomic E-state index is 13.0. The Labute approximate surface area is 191 Å². The predicted molar refractivity (Wildman–Crippen MR) is 123 cm³/mol. The molecule has 1 unspecified atom stereocenters. The summed E-state index contributed by atoms with van der Waals surface area (Å²) in [6.45, 7) is 2.17. The Morgan fingerprint density at radius 2 is 1.88 bits per heavy atom. The average Bonchev–Trinajstić information content (AvgIpc) is 2.80. The number of hydrogen-bond acceptors (Lipinski definition) is 4. The van der Waals surface area contributed by atoms with Crippen LogP contribution in [-0.4, -0.2) is 78.8 Å². The quantitative estimate of drug-likeness (QED) is 0.720. The first kappa shape index (κ1) is 24.1. The molecule has 1 saturated heterocycles. The number of rotatable bonds is 3. The summed E-state index contributed by atoms with van der Waals surface area (Å²) in [4.78, 5) is 43.0. The molecule has 7 nitrogen and oxygen atoms in total. The van der Waals surface area contributed by atoms with Gasteiger partial charge in [-0.25, -0.2) is 0 Å². The fraction of sp³-hybridized carbons (Fsp3) is 0.640. The van der Waals surface area contributed by atoms with Crippen molar-refractivity contribution in [3.8, 4) is 5.75 Å². The normalized spacial score (nSPS) is 20.4. The van der Waals surface area contributed by atoms with Crippen molar-refractivity contribution in [3.05, 3.63) is 29.8 Å². The first-order valence-corrected chi connectivity index (χ1v) is 11.9. The first-order valence-electron chi connectivity index (χ1n) is 11.9. The van der Waals surface area contributed by atoms with Crippen molar-refractivity contribution in [1.82, 2.24) is 14.7 Å². The summed E-state index contributed by atoms with van der Waals surface area (Å²) in [5, 5.41) is 0. The largest absolute Gasteiger partial charge is 0.492 e. The van der Waals surface area contributed by atoms with E-state index in [4.69, 9.17) is 4.74 Å². The lowest BCUT2D eigenvalue weighted by Gasteiger charge is -2.36. The summed E-state index contributed by atoms with van der Waals surface area (Å²) in [5.74, 6) is 0.884. The summed E-state index contributed by atoms with van der Waals surface area (Å²) in [6.07, 6.45) is 6.65. The van der Waals surface area contributed by atoms with Gasteiger partial charge in [-0.1, -0.05) is 12.1 Å². The van der Waals surface area contributed by atoms with Gasteiger partial charge in [-0.05, 0) is 56.2 Å². The van der Waals surface area contributed by atoms with Crippen molar-refractivity contribution >= 4 is 17.7 Å². The van der Waals surface area contributed by atoms with Crippen LogP contribution in [0.4, 0.5) is 0 Å². The molecule has 32 heavy (non-hydrogen) atoms. The number of benzene rings is 1. The molecular formula is C25H37N3O4. The molecule has 3 rings (SSSR count). The molecule has 2 aliphatic rings. The number of nitrogens with zero attached hydrogens (tertiary/aromatic N) is 3. The van der Waals surface area contributed by atoms with Gasteiger partial charge >= 0.3 is 0 Å². The molecule has 0 N–H and O–H groups in total. The molecule has 1 aromatic rings. The SMILES string of the molecule is CN(C)C(=O)CCC(=O)N1CCCC(=O)N2CCCCC2CCc2cccc(c2)OCC1. The van der Waals surface area contributed by atoms with Crippen LogP contribution in [0.15, 0.2) is 24.3 Å². The maximum Gasteiger partial charge on any atom is 0.223 e. The van der Waals surface area contributed by atoms with E-state index in [1.54, 1.807) is 19.0 Å². The Morgan fingerprint density at radius 3 is 2.69 bits per heavy atom. The lowest BCUT2D eigenvalue weighted by Crippen LogP contribution is -2.44. The smallest absolute Gasteiger partial charge is 0.223 e. The Morgan fingerprint density at radius 1 is 1.03 bits per heavy atom. The van der Waals surface area contributed by atoms with Gasteiger partial charge in [-0.15, -0.1) is 0 Å². The van der Waals surface area contributed by atoms with Crippen molar-refractivity contribution in [2.24, 2.45) is 0 Å². The second-order valence-electron chi connectivity index (χ2n) is 9.04. The third kappa shape index (κ3) is 6.97. The molecule has 176 valence electrons. The molecule has 2 aliphatic heterocycles. The van der Waals surface area contributed by atoms with Gasteiger partial charge in [-0.3, -0.25) is 14.4 Å². The van der Waals surface area contributed by atoms with Crippen LogP contribution in [0.1, 0.15) is 56.9 Å². The van der Waals surface area contributed by atoms with Gasteiger partial charge in [0.25, 0.3) is 0 Å². The molecule has 2 bridgehead atoms. The van der Waals surface area contributed by atoms with Crippen molar-refractivity contribution < 1.29 is 19.1 Å². The average molecular weight is 444 g/mol. The van der Waals surface area contributed by atoms with Gasteiger partial charge in [0.1, 0.15) is 12.4 Å². The Kier molecular flexibility index (Phi) is 8.94. The van der Waals surface area contributed by atoms with Crippen molar-refractivity contribution in [2.75, 3.05) is 40.3 Å². The molecule has 7 heteroatoms. The van der Waals surface area contributed by atoms with Crippen molar-refractivity contribution in [1.29, 1.82) is 0 Å². The van der Waals surface area contributed by atoms with E-state index in [-0.39, 0.29) is 30.6 Å². The van der Waals surface area contributed by atoms with Gasteiger partial charge in [0, 0.05) is 52.5 Å². The zero-order valence-electron chi connectivity index (χ0n) is 19.6. The number of hydrogen-bond donors (Lipinski definition) is 0. The standard InChI is InChI=1S/C25H37N3O4/c1-26(2)23(29)13-14-24(30)27-15-6-10-25(31)28-16-4-3-8-21(28)12-11-20-7-5-9-22(19-20)32-18-17-27/h5,7,9,19,21H,3-4,6,8,10-18H2,1-2H3. The van der Waals surface area contributed by atoms with Crippen molar-refractivity contribution in [3.63, 3.8) is 0 Å². The number of aryl methyl sites for hydroxylation is 1. The summed E-state index contributed by atoms with van der Waals surface area (Å²) in [6, 6.07) is 8.41. The second kappa shape index (κ2) is 11.9. The molecule has 1 atom stereocenters. The summed E-state index contributed by atoms with van der Waals surface area (Å²) in [7, 11) is 3.39. The Hall–Kier alpha value is -2.57. The minimum Gasteiger partial charge on any atom is -0.492 e. The van der Waals surface area contributed by atoms with Crippen LogP contribution in [0, 0.1) is 0 Å². The van der Waals surface area contributed by atoms with Gasteiger partial charge in [-0.2, -0.15) is 0 Å². The zero-order valence-corrected chi connectivity index (χ0v) is 19.6. The van der Waals surface area contributed by atoms with E-state index in [0.29, 0.717) is 38.6 Å². The molecule has 1 fully saturated rings. The minimum absolute atomic E-state index is 0.0592. The van der Waals surface area contributed by atoms with E-state index in [0.717, 1.165) is 38.0 Å². The van der Waals surface area contributed by atoms with E-state index in [2.05, 4.69) is 17.0 Å². The molecular weight excluding hydrogens is 406 g/mol. The molecule has 0 aliphatic carbocycles. The summed E-state index contributed by atoms with van der Waals surface area (Å²) in [5.41, 5.74) is 1.21. The third-order valence-electron chi connectivity index (χ3n) is 6.47. The third-order valence-corrected chi connectivity index (χ3v) is 6.47. The molecule has 3 amide bonds. The summed E-state index contributed by atoms with van der Waals surface area (Å²) >= 11 is 0. The van der Waals surface area contributed by atoms with E-state index in [1.807, 2.05) is 12.1 Å². The van der Waals surface area contributed by atoms with Crippen LogP contribution in [0.2, 0.25) is 0 Å². The summed E-state index contributed by atoms with van der Waals surface area (Å²) < 4.78 is 5.95. The van der Waals surface area contributed by atoms with Crippen LogP contribution in [0.25, 0.3) is 0 Å². The number of fused-ring (bicyclic) bond motifs is 3.